The van der Waals surface area contributed by atoms with Crippen molar-refractivity contribution in [2.24, 2.45) is 0 Å². The molecule has 0 aliphatic heterocycles. The summed E-state index contributed by atoms with van der Waals surface area (Å²) in [6, 6.07) is 11.4. The van der Waals surface area contributed by atoms with Crippen LogP contribution in [0.1, 0.15) is 4.88 Å². The van der Waals surface area contributed by atoms with Crippen molar-refractivity contribution in [2.45, 2.75) is 6.92 Å². The van der Waals surface area contributed by atoms with Gasteiger partial charge in [0.25, 0.3) is 0 Å². The van der Waals surface area contributed by atoms with Gasteiger partial charge in [-0.1, -0.05) is 0 Å². The molecule has 0 saturated heterocycles. The topological polar surface area (TPSA) is 33.1 Å². The number of hydrogen-bond acceptors (Lipinski definition) is 4. The lowest BCUT2D eigenvalue weighted by atomic mass is 10.2. The SMILES string of the molecule is Cc1ccc(-c2csc(-c3ccc(O)cc3)n2)s1. The Morgan fingerprint density at radius 3 is 2.50 bits per heavy atom. The molecule has 0 aliphatic carbocycles. The first-order valence-corrected chi connectivity index (χ1v) is 7.24. The highest BCUT2D eigenvalue weighted by molar-refractivity contribution is 7.16. The smallest absolute Gasteiger partial charge is 0.124 e. The maximum absolute atomic E-state index is 9.27. The minimum Gasteiger partial charge on any atom is -0.508 e. The predicted octanol–water partition coefficient (Wildman–Crippen LogP) is 4.55. The molecule has 0 amide bonds. The molecule has 3 rings (SSSR count). The van der Waals surface area contributed by atoms with E-state index < -0.39 is 0 Å². The number of thiophene rings is 1. The minimum absolute atomic E-state index is 0.282. The van der Waals surface area contributed by atoms with E-state index in [0.29, 0.717) is 0 Å². The van der Waals surface area contributed by atoms with E-state index in [4.69, 9.17) is 0 Å². The van der Waals surface area contributed by atoms with Crippen molar-refractivity contribution in [3.05, 3.63) is 46.7 Å². The maximum atomic E-state index is 9.27. The number of nitrogens with zero attached hydrogens (tertiary/aromatic N) is 1. The lowest BCUT2D eigenvalue weighted by Gasteiger charge is -1.96. The van der Waals surface area contributed by atoms with Crippen LogP contribution in [0.25, 0.3) is 21.1 Å². The van der Waals surface area contributed by atoms with Gasteiger partial charge in [0.2, 0.25) is 0 Å². The lowest BCUT2D eigenvalue weighted by Crippen LogP contribution is -1.76. The van der Waals surface area contributed by atoms with Crippen molar-refractivity contribution in [3.63, 3.8) is 0 Å². The number of aromatic hydroxyl groups is 1. The molecule has 2 heterocycles. The van der Waals surface area contributed by atoms with E-state index in [2.05, 4.69) is 29.4 Å². The Morgan fingerprint density at radius 1 is 1.06 bits per heavy atom. The number of aryl methyl sites for hydroxylation is 1. The summed E-state index contributed by atoms with van der Waals surface area (Å²) >= 11 is 3.38. The summed E-state index contributed by atoms with van der Waals surface area (Å²) < 4.78 is 0. The summed E-state index contributed by atoms with van der Waals surface area (Å²) in [6.45, 7) is 2.10. The molecule has 1 aromatic carbocycles. The van der Waals surface area contributed by atoms with Gasteiger partial charge in [-0.05, 0) is 43.3 Å². The van der Waals surface area contributed by atoms with Crippen molar-refractivity contribution in [2.75, 3.05) is 0 Å². The molecule has 0 bridgehead atoms. The molecule has 3 aromatic rings. The van der Waals surface area contributed by atoms with Gasteiger partial charge in [-0.25, -0.2) is 4.98 Å². The van der Waals surface area contributed by atoms with Gasteiger partial charge < -0.3 is 5.11 Å². The van der Waals surface area contributed by atoms with Crippen molar-refractivity contribution in [1.82, 2.24) is 4.98 Å². The summed E-state index contributed by atoms with van der Waals surface area (Å²) in [5.74, 6) is 0.282. The predicted molar refractivity (Wildman–Crippen MR) is 77.3 cm³/mol. The molecule has 0 unspecified atom stereocenters. The zero-order valence-corrected chi connectivity index (χ0v) is 11.4. The molecule has 2 nitrogen and oxygen atoms in total. The molecule has 0 saturated carbocycles. The lowest BCUT2D eigenvalue weighted by molar-refractivity contribution is 0.475. The van der Waals surface area contributed by atoms with Crippen LogP contribution in [0.2, 0.25) is 0 Å². The summed E-state index contributed by atoms with van der Waals surface area (Å²) in [5, 5.41) is 12.3. The second kappa shape index (κ2) is 4.55. The Kier molecular flexibility index (Phi) is 2.89. The average molecular weight is 273 g/mol. The standard InChI is InChI=1S/C14H11NOS2/c1-9-2-7-13(18-9)12-8-17-14(15-12)10-3-5-11(16)6-4-10/h2-8,16H,1H3. The number of benzene rings is 1. The molecular weight excluding hydrogens is 262 g/mol. The number of phenols is 1. The van der Waals surface area contributed by atoms with Gasteiger partial charge in [0.15, 0.2) is 0 Å². The van der Waals surface area contributed by atoms with Crippen LogP contribution in [-0.4, -0.2) is 10.1 Å². The van der Waals surface area contributed by atoms with Gasteiger partial charge in [0.1, 0.15) is 10.8 Å². The van der Waals surface area contributed by atoms with Crippen LogP contribution < -0.4 is 0 Å². The first-order chi connectivity index (χ1) is 8.72. The average Bonchev–Trinajstić information content (AvgIpc) is 2.98. The van der Waals surface area contributed by atoms with Gasteiger partial charge in [0, 0.05) is 15.8 Å². The summed E-state index contributed by atoms with van der Waals surface area (Å²) in [6.07, 6.45) is 0. The molecule has 18 heavy (non-hydrogen) atoms. The third kappa shape index (κ3) is 2.17. The van der Waals surface area contributed by atoms with E-state index in [1.165, 1.54) is 9.75 Å². The van der Waals surface area contributed by atoms with E-state index in [9.17, 15) is 5.11 Å². The first kappa shape index (κ1) is 11.4. The molecule has 0 fully saturated rings. The molecule has 4 heteroatoms. The van der Waals surface area contributed by atoms with E-state index in [0.717, 1.165) is 16.3 Å². The molecule has 90 valence electrons. The van der Waals surface area contributed by atoms with Gasteiger partial charge in [0.05, 0.1) is 10.6 Å². The second-order valence-corrected chi connectivity index (χ2v) is 6.14. The molecule has 0 spiro atoms. The number of phenolic OH excluding ortho intramolecular Hbond substituents is 1. The highest BCUT2D eigenvalue weighted by Crippen LogP contribution is 2.32. The van der Waals surface area contributed by atoms with Crippen molar-refractivity contribution in [3.8, 4) is 26.9 Å². The molecule has 1 N–H and O–H groups in total. The fourth-order valence-corrected chi connectivity index (χ4v) is 3.42. The van der Waals surface area contributed by atoms with E-state index >= 15 is 0 Å². The molecular formula is C14H11NOS2. The van der Waals surface area contributed by atoms with Crippen LogP contribution in [0.5, 0.6) is 5.75 Å². The third-order valence-electron chi connectivity index (χ3n) is 2.61. The highest BCUT2D eigenvalue weighted by Gasteiger charge is 2.08. The van der Waals surface area contributed by atoms with Crippen LogP contribution in [0, 0.1) is 6.92 Å². The van der Waals surface area contributed by atoms with Crippen molar-refractivity contribution in [1.29, 1.82) is 0 Å². The molecule has 0 atom stereocenters. The number of rotatable bonds is 2. The fourth-order valence-electron chi connectivity index (χ4n) is 1.70. The van der Waals surface area contributed by atoms with Gasteiger partial charge in [-0.15, -0.1) is 22.7 Å². The van der Waals surface area contributed by atoms with Crippen LogP contribution in [0.4, 0.5) is 0 Å². The molecule has 0 aliphatic rings. The molecule has 2 aromatic heterocycles. The van der Waals surface area contributed by atoms with Gasteiger partial charge in [-0.3, -0.25) is 0 Å². The van der Waals surface area contributed by atoms with Crippen molar-refractivity contribution < 1.29 is 5.11 Å². The van der Waals surface area contributed by atoms with Crippen LogP contribution >= 0.6 is 22.7 Å². The van der Waals surface area contributed by atoms with Crippen LogP contribution in [0.3, 0.4) is 0 Å². The summed E-state index contributed by atoms with van der Waals surface area (Å²) in [4.78, 5) is 7.14. The Balaban J connectivity index is 1.96. The van der Waals surface area contributed by atoms with E-state index in [1.807, 2.05) is 12.1 Å². The second-order valence-electron chi connectivity index (χ2n) is 4.00. The Labute approximate surface area is 113 Å². The highest BCUT2D eigenvalue weighted by atomic mass is 32.1. The Bertz CT molecular complexity index is 667. The summed E-state index contributed by atoms with van der Waals surface area (Å²) in [7, 11) is 0. The number of thiazole rings is 1. The number of hydrogen-bond donors (Lipinski definition) is 1. The molecule has 0 radical (unpaired) electrons. The zero-order chi connectivity index (χ0) is 12.5. The fraction of sp³-hybridized carbons (Fsp3) is 0.0714. The number of aromatic nitrogens is 1. The zero-order valence-electron chi connectivity index (χ0n) is 9.75. The van der Waals surface area contributed by atoms with Crippen LogP contribution in [0.15, 0.2) is 41.8 Å². The van der Waals surface area contributed by atoms with E-state index in [1.54, 1.807) is 34.8 Å². The van der Waals surface area contributed by atoms with E-state index in [-0.39, 0.29) is 5.75 Å². The normalized spacial score (nSPS) is 10.7. The quantitative estimate of drug-likeness (QED) is 0.743. The Morgan fingerprint density at radius 2 is 1.83 bits per heavy atom. The largest absolute Gasteiger partial charge is 0.508 e. The minimum atomic E-state index is 0.282. The summed E-state index contributed by atoms with van der Waals surface area (Å²) in [5.41, 5.74) is 2.07. The Hall–Kier alpha value is -1.65. The van der Waals surface area contributed by atoms with Gasteiger partial charge in [-0.2, -0.15) is 0 Å². The third-order valence-corrected chi connectivity index (χ3v) is 4.53. The monoisotopic (exact) mass is 273 g/mol. The van der Waals surface area contributed by atoms with Crippen molar-refractivity contribution >= 4 is 22.7 Å². The first-order valence-electron chi connectivity index (χ1n) is 5.54. The maximum Gasteiger partial charge on any atom is 0.124 e. The van der Waals surface area contributed by atoms with Crippen LogP contribution in [-0.2, 0) is 0 Å². The van der Waals surface area contributed by atoms with Gasteiger partial charge >= 0.3 is 0 Å².